The molecule has 1 aliphatic carbocycles. The van der Waals surface area contributed by atoms with E-state index < -0.39 is 10.1 Å². The Morgan fingerprint density at radius 1 is 0.909 bits per heavy atom. The number of phenolic OH excluding ortho intramolecular Hbond substituents is 1. The maximum Gasteiger partial charge on any atom is 0.295 e. The first-order valence-electron chi connectivity index (χ1n) is 10.9. The minimum absolute atomic E-state index is 0.0259. The highest BCUT2D eigenvalue weighted by Crippen LogP contribution is 2.41. The number of aryl methyl sites for hydroxylation is 1. The maximum absolute atomic E-state index is 12.6. The molecule has 0 aliphatic heterocycles. The van der Waals surface area contributed by atoms with Crippen LogP contribution in [-0.2, 0) is 14.9 Å². The van der Waals surface area contributed by atoms with Gasteiger partial charge in [-0.3, -0.25) is 9.35 Å². The van der Waals surface area contributed by atoms with Gasteiger partial charge in [-0.25, -0.2) is 0 Å². The number of carbonyl (C=O) groups is 1. The van der Waals surface area contributed by atoms with Crippen LogP contribution >= 0.6 is 0 Å². The molecule has 2 N–H and O–H groups in total. The summed E-state index contributed by atoms with van der Waals surface area (Å²) in [7, 11) is -4.52. The zero-order valence-corrected chi connectivity index (χ0v) is 20.6. The van der Waals surface area contributed by atoms with Crippen LogP contribution in [-0.4, -0.2) is 23.9 Å². The zero-order chi connectivity index (χ0) is 24.7. The first kappa shape index (κ1) is 24.7. The molecule has 0 fully saturated rings. The van der Waals surface area contributed by atoms with Gasteiger partial charge in [0.2, 0.25) is 0 Å². The molecule has 174 valence electrons. The molecule has 2 aromatic rings. The van der Waals surface area contributed by atoms with Gasteiger partial charge >= 0.3 is 0 Å². The second-order valence-electron chi connectivity index (χ2n) is 9.09. The summed E-state index contributed by atoms with van der Waals surface area (Å²) in [5.41, 5.74) is 5.14. The van der Waals surface area contributed by atoms with Crippen molar-refractivity contribution in [1.82, 2.24) is 0 Å². The van der Waals surface area contributed by atoms with Gasteiger partial charge in [-0.2, -0.15) is 8.42 Å². The van der Waals surface area contributed by atoms with E-state index in [1.807, 2.05) is 53.7 Å². The Morgan fingerprint density at radius 3 is 2.12 bits per heavy atom. The highest BCUT2D eigenvalue weighted by Gasteiger charge is 2.26. The van der Waals surface area contributed by atoms with E-state index >= 15 is 0 Å². The molecular weight excluding hydrogens is 436 g/mol. The van der Waals surface area contributed by atoms with E-state index in [0.717, 1.165) is 16.7 Å². The number of rotatable bonds is 5. The van der Waals surface area contributed by atoms with E-state index in [2.05, 4.69) is 0 Å². The first-order chi connectivity index (χ1) is 15.3. The van der Waals surface area contributed by atoms with E-state index in [4.69, 9.17) is 0 Å². The second kappa shape index (κ2) is 9.12. The Hall–Kier alpha value is -2.96. The van der Waals surface area contributed by atoms with Gasteiger partial charge in [0.05, 0.1) is 0 Å². The normalized spacial score (nSPS) is 16.2. The molecular formula is C27H30O5S. The number of aromatic hydroxyl groups is 1. The molecule has 0 heterocycles. The molecule has 0 radical (unpaired) electrons. The van der Waals surface area contributed by atoms with Crippen molar-refractivity contribution in [3.8, 4) is 5.75 Å². The van der Waals surface area contributed by atoms with E-state index in [1.165, 1.54) is 6.07 Å². The van der Waals surface area contributed by atoms with Gasteiger partial charge in [-0.15, -0.1) is 0 Å². The van der Waals surface area contributed by atoms with Gasteiger partial charge in [0.1, 0.15) is 10.6 Å². The van der Waals surface area contributed by atoms with Crippen molar-refractivity contribution in [2.75, 3.05) is 0 Å². The van der Waals surface area contributed by atoms with E-state index in [-0.39, 0.29) is 28.3 Å². The third kappa shape index (κ3) is 4.87. The fourth-order valence-corrected chi connectivity index (χ4v) is 4.89. The highest BCUT2D eigenvalue weighted by molar-refractivity contribution is 7.86. The number of hydrogen-bond acceptors (Lipinski definition) is 4. The minimum Gasteiger partial charge on any atom is -0.508 e. The van der Waals surface area contributed by atoms with Crippen LogP contribution in [0.5, 0.6) is 5.75 Å². The fourth-order valence-electron chi connectivity index (χ4n) is 4.19. The van der Waals surface area contributed by atoms with Gasteiger partial charge in [0.15, 0.2) is 5.78 Å². The number of benzene rings is 2. The summed E-state index contributed by atoms with van der Waals surface area (Å²) in [4.78, 5) is 12.4. The molecule has 0 saturated heterocycles. The predicted molar refractivity (Wildman–Crippen MR) is 131 cm³/mol. The highest BCUT2D eigenvalue weighted by atomic mass is 32.2. The van der Waals surface area contributed by atoms with Crippen molar-refractivity contribution in [2.45, 2.75) is 52.4 Å². The predicted octanol–water partition coefficient (Wildman–Crippen LogP) is 5.98. The zero-order valence-electron chi connectivity index (χ0n) is 19.8. The summed E-state index contributed by atoms with van der Waals surface area (Å²) in [6.45, 7) is 11.5. The molecule has 2 aromatic carbocycles. The standard InChI is InChI=1S/C27H30O5S/c1-15(2)20-13-22(17(5)11-24(20)28)27(19-9-7-8-10-26(19)33(30,31)32)23-14-21(16(3)4)25(29)12-18(23)6/h7-16,28H,1-6H3,(H,30,31,32)/b27-23-. The van der Waals surface area contributed by atoms with Crippen molar-refractivity contribution in [2.24, 2.45) is 5.92 Å². The smallest absolute Gasteiger partial charge is 0.295 e. The van der Waals surface area contributed by atoms with E-state index in [0.29, 0.717) is 27.9 Å². The van der Waals surface area contributed by atoms with Gasteiger partial charge < -0.3 is 5.11 Å². The van der Waals surface area contributed by atoms with Crippen molar-refractivity contribution in [3.05, 3.63) is 87.5 Å². The Morgan fingerprint density at radius 2 is 1.55 bits per heavy atom. The third-order valence-electron chi connectivity index (χ3n) is 5.95. The monoisotopic (exact) mass is 466 g/mol. The van der Waals surface area contributed by atoms with E-state index in [1.54, 1.807) is 30.3 Å². The molecule has 0 atom stereocenters. The molecule has 3 rings (SSSR count). The number of hydrogen-bond donors (Lipinski definition) is 2. The molecule has 5 nitrogen and oxygen atoms in total. The van der Waals surface area contributed by atoms with Gasteiger partial charge in [0.25, 0.3) is 10.1 Å². The lowest BCUT2D eigenvalue weighted by atomic mass is 9.81. The SMILES string of the molecule is CC1=CC(=O)C(C(C)C)=C/C1=C(/c1cc(C(C)C)c(O)cc1C)c1ccccc1S(=O)(=O)O. The Bertz CT molecular complexity index is 1320. The average molecular weight is 467 g/mol. The minimum atomic E-state index is -4.52. The summed E-state index contributed by atoms with van der Waals surface area (Å²) in [6, 6.07) is 9.82. The van der Waals surface area contributed by atoms with Gasteiger partial charge in [-0.05, 0) is 89.4 Å². The van der Waals surface area contributed by atoms with Crippen LogP contribution in [0.2, 0.25) is 0 Å². The van der Waals surface area contributed by atoms with E-state index in [9.17, 15) is 22.9 Å². The molecule has 0 spiro atoms. The van der Waals surface area contributed by atoms with Crippen LogP contribution < -0.4 is 0 Å². The summed E-state index contributed by atoms with van der Waals surface area (Å²) < 4.78 is 34.6. The number of ketones is 1. The topological polar surface area (TPSA) is 91.7 Å². The maximum atomic E-state index is 12.6. The summed E-state index contributed by atoms with van der Waals surface area (Å²) in [5.74, 6) is 0.0999. The molecule has 0 amide bonds. The molecule has 0 aromatic heterocycles. The second-order valence-corrected chi connectivity index (χ2v) is 10.5. The average Bonchev–Trinajstić information content (AvgIpc) is 2.70. The first-order valence-corrected chi connectivity index (χ1v) is 12.4. The van der Waals surface area contributed by atoms with Gasteiger partial charge in [-0.1, -0.05) is 45.9 Å². The van der Waals surface area contributed by atoms with Crippen LogP contribution in [0.4, 0.5) is 0 Å². The number of phenols is 1. The molecule has 1 aliphatic rings. The largest absolute Gasteiger partial charge is 0.508 e. The van der Waals surface area contributed by atoms with Crippen LogP contribution in [0.15, 0.2) is 70.2 Å². The van der Waals surface area contributed by atoms with Crippen molar-refractivity contribution >= 4 is 21.5 Å². The fraction of sp³-hybridized carbons (Fsp3) is 0.296. The van der Waals surface area contributed by atoms with Crippen molar-refractivity contribution in [1.29, 1.82) is 0 Å². The van der Waals surface area contributed by atoms with Crippen LogP contribution in [0.25, 0.3) is 5.57 Å². The van der Waals surface area contributed by atoms with Crippen molar-refractivity contribution < 1.29 is 22.9 Å². The Kier molecular flexibility index (Phi) is 6.82. The molecule has 0 saturated carbocycles. The quantitative estimate of drug-likeness (QED) is 0.529. The molecule has 0 bridgehead atoms. The Labute approximate surface area is 195 Å². The molecule has 6 heteroatoms. The number of allylic oxidation sites excluding steroid dienone is 5. The van der Waals surface area contributed by atoms with Crippen LogP contribution in [0.3, 0.4) is 0 Å². The Balaban J connectivity index is 2.54. The third-order valence-corrected chi connectivity index (χ3v) is 6.86. The molecule has 33 heavy (non-hydrogen) atoms. The number of carbonyl (C=O) groups excluding carboxylic acids is 1. The lowest BCUT2D eigenvalue weighted by Gasteiger charge is -2.24. The van der Waals surface area contributed by atoms with Crippen molar-refractivity contribution in [3.63, 3.8) is 0 Å². The van der Waals surface area contributed by atoms with Crippen LogP contribution in [0, 0.1) is 12.8 Å². The lowest BCUT2D eigenvalue weighted by Crippen LogP contribution is -2.13. The van der Waals surface area contributed by atoms with Gasteiger partial charge in [0, 0.05) is 11.1 Å². The summed E-state index contributed by atoms with van der Waals surface area (Å²) >= 11 is 0. The summed E-state index contributed by atoms with van der Waals surface area (Å²) in [5, 5.41) is 10.5. The molecule has 0 unspecified atom stereocenters. The van der Waals surface area contributed by atoms with Crippen LogP contribution in [0.1, 0.15) is 62.8 Å². The lowest BCUT2D eigenvalue weighted by molar-refractivity contribution is -0.111. The summed E-state index contributed by atoms with van der Waals surface area (Å²) in [6.07, 6.45) is 3.39.